The van der Waals surface area contributed by atoms with Crippen molar-refractivity contribution in [2.24, 2.45) is 23.2 Å². The number of urea groups is 2. The van der Waals surface area contributed by atoms with E-state index in [1.165, 1.54) is 11.3 Å². The van der Waals surface area contributed by atoms with E-state index >= 15 is 0 Å². The molecule has 0 radical (unpaired) electrons. The number of carbonyl (C=O) groups is 2. The molecule has 5 heteroatoms. The summed E-state index contributed by atoms with van der Waals surface area (Å²) >= 11 is 0. The molecule has 1 saturated heterocycles. The number of amides is 4. The van der Waals surface area contributed by atoms with Crippen LogP contribution in [-0.4, -0.2) is 12.1 Å². The number of imide groups is 1. The van der Waals surface area contributed by atoms with Crippen LogP contribution in [0.4, 0.5) is 21.0 Å². The number of hydrogen-bond donors (Lipinski definition) is 1. The van der Waals surface area contributed by atoms with E-state index < -0.39 is 17.7 Å². The smallest absolute Gasteiger partial charge is 0.306 e. The van der Waals surface area contributed by atoms with E-state index in [9.17, 15) is 9.59 Å². The number of fused-ring (bicyclic) bond motifs is 1. The van der Waals surface area contributed by atoms with Crippen LogP contribution < -0.4 is 15.1 Å². The first-order valence-electron chi connectivity index (χ1n) is 12.9. The van der Waals surface area contributed by atoms with Crippen molar-refractivity contribution in [1.82, 2.24) is 5.32 Å². The average Bonchev–Trinajstić information content (AvgIpc) is 2.93. The summed E-state index contributed by atoms with van der Waals surface area (Å²) in [5.41, 5.74) is 1.09. The Bertz CT molecular complexity index is 1370. The van der Waals surface area contributed by atoms with Gasteiger partial charge in [0, 0.05) is 11.3 Å². The Kier molecular flexibility index (Phi) is 5.52. The van der Waals surface area contributed by atoms with Crippen molar-refractivity contribution in [2.75, 3.05) is 9.80 Å². The van der Waals surface area contributed by atoms with Crippen molar-refractivity contribution < 1.29 is 9.59 Å². The summed E-state index contributed by atoms with van der Waals surface area (Å²) in [5, 5.41) is 3.24. The number of nitrogens with one attached hydrogen (secondary N) is 1. The van der Waals surface area contributed by atoms with Crippen LogP contribution in [0.25, 0.3) is 0 Å². The third kappa shape index (κ3) is 3.69. The van der Waals surface area contributed by atoms with Crippen LogP contribution in [0.3, 0.4) is 0 Å². The standard InChI is InChI=1S/C32H31N3O2/c1-31(2)25-19-18-23(28(31)22-25)20-21-32(24-12-6-3-7-13-24)33-29(36)34(26-14-8-4-9-15-26)30(37)35(32)27-16-10-5-11-17-27/h3-21,23,25,28H,22H2,1-2H3,(H,33,36)/b21-20+/t23?,25-,28-,32?/m0/s1. The van der Waals surface area contributed by atoms with E-state index in [2.05, 4.69) is 37.4 Å². The van der Waals surface area contributed by atoms with Gasteiger partial charge in [0.1, 0.15) is 0 Å². The maximum atomic E-state index is 14.3. The quantitative estimate of drug-likeness (QED) is 0.389. The molecular formula is C32H31N3O2. The summed E-state index contributed by atoms with van der Waals surface area (Å²) in [4.78, 5) is 30.9. The van der Waals surface area contributed by atoms with E-state index in [1.54, 1.807) is 17.0 Å². The number of benzene rings is 3. The Morgan fingerprint density at radius 3 is 2.00 bits per heavy atom. The molecule has 4 aliphatic rings. The molecule has 2 bridgehead atoms. The van der Waals surface area contributed by atoms with Gasteiger partial charge in [0.25, 0.3) is 0 Å². The first-order valence-corrected chi connectivity index (χ1v) is 12.9. The molecule has 1 aliphatic heterocycles. The summed E-state index contributed by atoms with van der Waals surface area (Å²) < 4.78 is 0. The van der Waals surface area contributed by atoms with E-state index in [1.807, 2.05) is 84.9 Å². The SMILES string of the molecule is CC1(C)[C@H]2C=CC(/C=C/C3(c4ccccc4)NC(=O)N(c4ccccc4)C(=O)N3c3ccccc3)[C@@H]1C2. The minimum atomic E-state index is -1.19. The van der Waals surface area contributed by atoms with Crippen LogP contribution in [0.5, 0.6) is 0 Å². The third-order valence-electron chi connectivity index (χ3n) is 8.49. The minimum absolute atomic E-state index is 0.234. The van der Waals surface area contributed by atoms with Crippen LogP contribution in [-0.2, 0) is 5.66 Å². The Morgan fingerprint density at radius 1 is 0.811 bits per heavy atom. The molecule has 3 aromatic carbocycles. The fraction of sp³-hybridized carbons (Fsp3) is 0.250. The lowest BCUT2D eigenvalue weighted by molar-refractivity contribution is -0.0186. The molecule has 4 atom stereocenters. The van der Waals surface area contributed by atoms with Gasteiger partial charge in [-0.25, -0.2) is 14.5 Å². The fourth-order valence-corrected chi connectivity index (χ4v) is 6.23. The molecule has 0 aromatic heterocycles. The summed E-state index contributed by atoms with van der Waals surface area (Å²) in [6, 6.07) is 27.5. The highest BCUT2D eigenvalue weighted by Gasteiger charge is 2.53. The van der Waals surface area contributed by atoms with Crippen molar-refractivity contribution in [2.45, 2.75) is 25.9 Å². The third-order valence-corrected chi connectivity index (χ3v) is 8.49. The van der Waals surface area contributed by atoms with Gasteiger partial charge in [-0.05, 0) is 59.9 Å². The van der Waals surface area contributed by atoms with Gasteiger partial charge in [0.05, 0.1) is 5.69 Å². The van der Waals surface area contributed by atoms with E-state index in [-0.39, 0.29) is 11.3 Å². The molecule has 1 heterocycles. The van der Waals surface area contributed by atoms with Crippen LogP contribution in [0.1, 0.15) is 25.8 Å². The van der Waals surface area contributed by atoms with Gasteiger partial charge < -0.3 is 5.32 Å². The van der Waals surface area contributed by atoms with Crippen molar-refractivity contribution in [1.29, 1.82) is 0 Å². The number of carbonyl (C=O) groups excluding carboxylic acids is 2. The first kappa shape index (κ1) is 23.3. The topological polar surface area (TPSA) is 52.7 Å². The molecule has 37 heavy (non-hydrogen) atoms. The summed E-state index contributed by atoms with van der Waals surface area (Å²) in [6.45, 7) is 4.67. The predicted octanol–water partition coefficient (Wildman–Crippen LogP) is 7.10. The zero-order valence-electron chi connectivity index (χ0n) is 21.1. The molecule has 2 fully saturated rings. The molecule has 7 rings (SSSR count). The lowest BCUT2D eigenvalue weighted by atomic mass is 9.48. The predicted molar refractivity (Wildman–Crippen MR) is 147 cm³/mol. The van der Waals surface area contributed by atoms with Gasteiger partial charge >= 0.3 is 12.1 Å². The maximum absolute atomic E-state index is 14.3. The van der Waals surface area contributed by atoms with Gasteiger partial charge in [0.2, 0.25) is 0 Å². The van der Waals surface area contributed by atoms with Crippen LogP contribution in [0, 0.1) is 23.2 Å². The van der Waals surface area contributed by atoms with E-state index in [4.69, 9.17) is 0 Å². The van der Waals surface area contributed by atoms with Gasteiger partial charge in [-0.2, -0.15) is 0 Å². The molecular weight excluding hydrogens is 458 g/mol. The highest BCUT2D eigenvalue weighted by molar-refractivity contribution is 6.22. The van der Waals surface area contributed by atoms with Crippen molar-refractivity contribution in [3.8, 4) is 0 Å². The number of para-hydroxylation sites is 2. The number of hydrogen-bond acceptors (Lipinski definition) is 2. The average molecular weight is 490 g/mol. The van der Waals surface area contributed by atoms with E-state index in [0.29, 0.717) is 23.2 Å². The highest BCUT2D eigenvalue weighted by Crippen LogP contribution is 2.59. The van der Waals surface area contributed by atoms with Crippen LogP contribution in [0.15, 0.2) is 115 Å². The highest BCUT2D eigenvalue weighted by atomic mass is 16.2. The Balaban J connectivity index is 1.51. The lowest BCUT2D eigenvalue weighted by Crippen LogP contribution is -2.70. The molecule has 2 unspecified atom stereocenters. The Morgan fingerprint density at radius 2 is 1.41 bits per heavy atom. The molecule has 5 nitrogen and oxygen atoms in total. The molecule has 4 amide bonds. The second kappa shape index (κ2) is 8.77. The molecule has 1 N–H and O–H groups in total. The number of anilines is 2. The minimum Gasteiger partial charge on any atom is -0.306 e. The van der Waals surface area contributed by atoms with Crippen LogP contribution in [0.2, 0.25) is 0 Å². The largest absolute Gasteiger partial charge is 0.339 e. The molecule has 1 saturated carbocycles. The first-order chi connectivity index (χ1) is 17.9. The number of allylic oxidation sites excluding steroid dienone is 3. The van der Waals surface area contributed by atoms with Gasteiger partial charge in [0.15, 0.2) is 5.66 Å². The normalized spacial score (nSPS) is 28.2. The maximum Gasteiger partial charge on any atom is 0.339 e. The second-order valence-corrected chi connectivity index (χ2v) is 10.8. The van der Waals surface area contributed by atoms with Crippen LogP contribution >= 0.6 is 0 Å². The summed E-state index contributed by atoms with van der Waals surface area (Å²) in [6.07, 6.45) is 10.0. The molecule has 186 valence electrons. The number of rotatable bonds is 5. The summed E-state index contributed by atoms with van der Waals surface area (Å²) in [5.74, 6) is 1.39. The Hall–Kier alpha value is -4.12. The lowest BCUT2D eigenvalue weighted by Gasteiger charge is -2.57. The van der Waals surface area contributed by atoms with Crippen molar-refractivity contribution in [3.05, 3.63) is 121 Å². The zero-order chi connectivity index (χ0) is 25.6. The number of nitrogens with zero attached hydrogens (tertiary/aromatic N) is 2. The monoisotopic (exact) mass is 489 g/mol. The zero-order valence-corrected chi connectivity index (χ0v) is 21.1. The summed E-state index contributed by atoms with van der Waals surface area (Å²) in [7, 11) is 0. The van der Waals surface area contributed by atoms with Gasteiger partial charge in [-0.1, -0.05) is 98.8 Å². The van der Waals surface area contributed by atoms with E-state index in [0.717, 1.165) is 5.56 Å². The van der Waals surface area contributed by atoms with Crippen molar-refractivity contribution in [3.63, 3.8) is 0 Å². The molecule has 0 spiro atoms. The molecule has 3 aromatic rings. The second-order valence-electron chi connectivity index (χ2n) is 10.8. The fourth-order valence-electron chi connectivity index (χ4n) is 6.23. The van der Waals surface area contributed by atoms with Gasteiger partial charge in [-0.15, -0.1) is 0 Å². The van der Waals surface area contributed by atoms with Gasteiger partial charge in [-0.3, -0.25) is 4.90 Å². The molecule has 3 aliphatic carbocycles. The Labute approximate surface area is 218 Å². The van der Waals surface area contributed by atoms with Crippen molar-refractivity contribution >= 4 is 23.4 Å².